The van der Waals surface area contributed by atoms with Crippen molar-refractivity contribution in [3.05, 3.63) is 85.3 Å². The Kier molecular flexibility index (Phi) is 7.34. The minimum atomic E-state index is -0.747. The van der Waals surface area contributed by atoms with Crippen LogP contribution in [0.4, 0.5) is 10.5 Å². The van der Waals surface area contributed by atoms with E-state index in [4.69, 9.17) is 51.1 Å². The van der Waals surface area contributed by atoms with Crippen molar-refractivity contribution in [1.29, 1.82) is 0 Å². The molecule has 2 N–H and O–H groups in total. The zero-order valence-electron chi connectivity index (χ0n) is 16.4. The molecular formula is C22H16Cl4N2O3. The second-order valence-electron chi connectivity index (χ2n) is 6.57. The highest BCUT2D eigenvalue weighted by Gasteiger charge is 2.18. The van der Waals surface area contributed by atoms with Gasteiger partial charge in [-0.15, -0.1) is 0 Å². The Morgan fingerprint density at radius 1 is 0.871 bits per heavy atom. The molecule has 0 aliphatic carbocycles. The lowest BCUT2D eigenvalue weighted by Crippen LogP contribution is -2.34. The maximum atomic E-state index is 12.4. The van der Waals surface area contributed by atoms with Crippen molar-refractivity contribution in [2.24, 2.45) is 0 Å². The summed E-state index contributed by atoms with van der Waals surface area (Å²) < 4.78 is 5.88. The summed E-state index contributed by atoms with van der Waals surface area (Å²) in [7, 11) is 0. The Labute approximate surface area is 199 Å². The fraction of sp³-hybridized carbons (Fsp3) is 0.0909. The first-order valence-electron chi connectivity index (χ1n) is 8.97. The molecule has 0 saturated carbocycles. The number of amides is 3. The van der Waals surface area contributed by atoms with Gasteiger partial charge in [-0.25, -0.2) is 4.79 Å². The van der Waals surface area contributed by atoms with Crippen LogP contribution in [0.2, 0.25) is 20.1 Å². The van der Waals surface area contributed by atoms with Crippen molar-refractivity contribution in [1.82, 2.24) is 5.32 Å². The van der Waals surface area contributed by atoms with Crippen LogP contribution in [0.25, 0.3) is 0 Å². The molecule has 9 heteroatoms. The van der Waals surface area contributed by atoms with E-state index < -0.39 is 11.9 Å². The van der Waals surface area contributed by atoms with Gasteiger partial charge in [0.1, 0.15) is 11.5 Å². The highest BCUT2D eigenvalue weighted by molar-refractivity contribution is 6.36. The Hall–Kier alpha value is -2.44. The Morgan fingerprint density at radius 3 is 2.26 bits per heavy atom. The molecule has 3 rings (SSSR count). The predicted molar refractivity (Wildman–Crippen MR) is 125 cm³/mol. The van der Waals surface area contributed by atoms with E-state index in [1.807, 2.05) is 0 Å². The molecule has 0 aromatic heterocycles. The maximum Gasteiger partial charge on any atom is 0.326 e. The van der Waals surface area contributed by atoms with Crippen molar-refractivity contribution in [3.63, 3.8) is 0 Å². The molecule has 31 heavy (non-hydrogen) atoms. The molecule has 3 aromatic rings. The van der Waals surface area contributed by atoms with E-state index in [0.29, 0.717) is 38.4 Å². The molecule has 0 spiro atoms. The van der Waals surface area contributed by atoms with E-state index >= 15 is 0 Å². The van der Waals surface area contributed by atoms with Crippen LogP contribution < -0.4 is 15.4 Å². The number of carbonyl (C=O) groups is 2. The van der Waals surface area contributed by atoms with E-state index in [2.05, 4.69) is 10.6 Å². The Morgan fingerprint density at radius 2 is 1.58 bits per heavy atom. The van der Waals surface area contributed by atoms with Crippen LogP contribution in [0.5, 0.6) is 11.5 Å². The fourth-order valence-corrected chi connectivity index (χ4v) is 3.70. The summed E-state index contributed by atoms with van der Waals surface area (Å²) in [5, 5.41) is 6.17. The molecule has 0 fully saturated rings. The number of nitrogens with one attached hydrogen (secondary N) is 2. The third-order valence-electron chi connectivity index (χ3n) is 4.36. The van der Waals surface area contributed by atoms with Gasteiger partial charge < -0.3 is 10.1 Å². The summed E-state index contributed by atoms with van der Waals surface area (Å²) in [5.74, 6) is 0.240. The van der Waals surface area contributed by atoms with Gasteiger partial charge >= 0.3 is 6.03 Å². The van der Waals surface area contributed by atoms with E-state index in [1.165, 1.54) is 6.07 Å². The standard InChI is InChI=1S/C22H16Cl4N2O3/c1-11-9-18(31-17-8-7-13(23)10-16(17)25)12(2)19(26)20(11)27-22(30)28-21(29)14-5-3-4-6-15(14)24/h3-10H,1-2H3,(H2,27,28,29,30). The maximum absolute atomic E-state index is 12.4. The monoisotopic (exact) mass is 496 g/mol. The Bertz CT molecular complexity index is 1180. The van der Waals surface area contributed by atoms with Crippen LogP contribution in [-0.2, 0) is 0 Å². The van der Waals surface area contributed by atoms with Crippen LogP contribution in [0, 0.1) is 13.8 Å². The zero-order valence-corrected chi connectivity index (χ0v) is 19.4. The summed E-state index contributed by atoms with van der Waals surface area (Å²) in [6.07, 6.45) is 0. The van der Waals surface area contributed by atoms with Crippen molar-refractivity contribution in [2.75, 3.05) is 5.32 Å². The number of imide groups is 1. The molecule has 0 heterocycles. The van der Waals surface area contributed by atoms with Crippen LogP contribution in [-0.4, -0.2) is 11.9 Å². The number of benzene rings is 3. The highest BCUT2D eigenvalue weighted by Crippen LogP contribution is 2.39. The number of anilines is 1. The van der Waals surface area contributed by atoms with Gasteiger partial charge in [-0.3, -0.25) is 10.1 Å². The number of hydrogen-bond acceptors (Lipinski definition) is 3. The molecule has 0 aliphatic heterocycles. The highest BCUT2D eigenvalue weighted by atomic mass is 35.5. The lowest BCUT2D eigenvalue weighted by molar-refractivity contribution is 0.0967. The summed E-state index contributed by atoms with van der Waals surface area (Å²) in [4.78, 5) is 24.7. The van der Waals surface area contributed by atoms with E-state index in [-0.39, 0.29) is 15.6 Å². The van der Waals surface area contributed by atoms with E-state index in [1.54, 1.807) is 56.3 Å². The van der Waals surface area contributed by atoms with Gasteiger partial charge in [-0.2, -0.15) is 0 Å². The smallest absolute Gasteiger partial charge is 0.326 e. The average molecular weight is 498 g/mol. The average Bonchev–Trinajstić information content (AvgIpc) is 2.71. The Balaban J connectivity index is 1.79. The van der Waals surface area contributed by atoms with Gasteiger partial charge in [0.25, 0.3) is 5.91 Å². The van der Waals surface area contributed by atoms with Crippen LogP contribution >= 0.6 is 46.4 Å². The molecule has 160 valence electrons. The summed E-state index contributed by atoms with van der Waals surface area (Å²) in [6.45, 7) is 3.48. The molecular weight excluding hydrogens is 482 g/mol. The van der Waals surface area contributed by atoms with Crippen molar-refractivity contribution in [2.45, 2.75) is 13.8 Å². The number of ether oxygens (including phenoxy) is 1. The van der Waals surface area contributed by atoms with E-state index in [9.17, 15) is 9.59 Å². The summed E-state index contributed by atoms with van der Waals surface area (Å²) in [5.41, 5.74) is 1.72. The number of rotatable bonds is 4. The van der Waals surface area contributed by atoms with Gasteiger partial charge in [-0.1, -0.05) is 58.5 Å². The van der Waals surface area contributed by atoms with Crippen molar-refractivity contribution >= 4 is 64.0 Å². The van der Waals surface area contributed by atoms with Crippen molar-refractivity contribution in [3.8, 4) is 11.5 Å². The van der Waals surface area contributed by atoms with Crippen LogP contribution in [0.15, 0.2) is 48.5 Å². The predicted octanol–water partition coefficient (Wildman–Crippen LogP) is 7.67. The normalized spacial score (nSPS) is 10.5. The van der Waals surface area contributed by atoms with Gasteiger partial charge in [0, 0.05) is 10.6 Å². The molecule has 3 aromatic carbocycles. The molecule has 0 saturated heterocycles. The minimum Gasteiger partial charge on any atom is -0.455 e. The molecule has 0 unspecified atom stereocenters. The lowest BCUT2D eigenvalue weighted by Gasteiger charge is -2.17. The second kappa shape index (κ2) is 9.79. The third-order valence-corrected chi connectivity index (χ3v) is 5.69. The van der Waals surface area contributed by atoms with Gasteiger partial charge in [-0.05, 0) is 55.8 Å². The summed E-state index contributed by atoms with van der Waals surface area (Å²) >= 11 is 24.6. The molecule has 0 radical (unpaired) electrons. The van der Waals surface area contributed by atoms with Gasteiger partial charge in [0.15, 0.2) is 0 Å². The molecule has 3 amide bonds. The van der Waals surface area contributed by atoms with Crippen LogP contribution in [0.1, 0.15) is 21.5 Å². The minimum absolute atomic E-state index is 0.182. The van der Waals surface area contributed by atoms with Crippen LogP contribution in [0.3, 0.4) is 0 Å². The van der Waals surface area contributed by atoms with Gasteiger partial charge in [0.2, 0.25) is 0 Å². The first kappa shape index (κ1) is 23.2. The van der Waals surface area contributed by atoms with Crippen molar-refractivity contribution < 1.29 is 14.3 Å². The van der Waals surface area contributed by atoms with E-state index in [0.717, 1.165) is 0 Å². The first-order chi connectivity index (χ1) is 14.7. The SMILES string of the molecule is Cc1cc(Oc2ccc(Cl)cc2Cl)c(C)c(Cl)c1NC(=O)NC(=O)c1ccccc1Cl. The molecule has 0 bridgehead atoms. The number of carbonyl (C=O) groups excluding carboxylic acids is 2. The number of hydrogen-bond donors (Lipinski definition) is 2. The second-order valence-corrected chi connectivity index (χ2v) is 8.20. The fourth-order valence-electron chi connectivity index (χ4n) is 2.74. The lowest BCUT2D eigenvalue weighted by atomic mass is 10.1. The number of aryl methyl sites for hydroxylation is 1. The number of halogens is 4. The number of urea groups is 1. The molecule has 0 aliphatic rings. The molecule has 0 atom stereocenters. The first-order valence-corrected chi connectivity index (χ1v) is 10.5. The topological polar surface area (TPSA) is 67.4 Å². The largest absolute Gasteiger partial charge is 0.455 e. The summed E-state index contributed by atoms with van der Waals surface area (Å²) in [6, 6.07) is 12.2. The third kappa shape index (κ3) is 5.43. The van der Waals surface area contributed by atoms with Gasteiger partial charge in [0.05, 0.1) is 26.3 Å². The molecule has 5 nitrogen and oxygen atoms in total. The quantitative estimate of drug-likeness (QED) is 0.388. The zero-order chi connectivity index (χ0) is 22.7.